The fourth-order valence-corrected chi connectivity index (χ4v) is 3.97. The third-order valence-corrected chi connectivity index (χ3v) is 5.38. The smallest absolute Gasteiger partial charge is 0.216 e. The van der Waals surface area contributed by atoms with Gasteiger partial charge in [0, 0.05) is 33.9 Å². The molecule has 0 atom stereocenters. The summed E-state index contributed by atoms with van der Waals surface area (Å²) >= 11 is 5.38. The minimum absolute atomic E-state index is 0.462. The largest absolute Gasteiger partial charge is 0.341 e. The molecule has 2 heterocycles. The standard InChI is InChI=1S/C23H19N5S/c1-2-27-20-11-7-6-10-18(20)19-14-16(12-13-21(19)27)15-24-28-22(25-26-23(28)29)17-8-4-3-5-9-17/h3-15H,2H2,1H3,(H,26,29)/b24-15-. The van der Waals surface area contributed by atoms with Gasteiger partial charge < -0.3 is 4.57 Å². The Hall–Kier alpha value is -3.51. The molecule has 1 N–H and O–H groups in total. The van der Waals surface area contributed by atoms with E-state index < -0.39 is 0 Å². The lowest BCUT2D eigenvalue weighted by Crippen LogP contribution is -1.95. The van der Waals surface area contributed by atoms with Gasteiger partial charge in [-0.15, -0.1) is 0 Å². The number of benzene rings is 3. The van der Waals surface area contributed by atoms with E-state index in [9.17, 15) is 0 Å². The Labute approximate surface area is 172 Å². The number of nitrogens with one attached hydrogen (secondary N) is 1. The summed E-state index contributed by atoms with van der Waals surface area (Å²) in [7, 11) is 0. The van der Waals surface area contributed by atoms with Crippen molar-refractivity contribution in [3.05, 3.63) is 83.1 Å². The van der Waals surface area contributed by atoms with Crippen molar-refractivity contribution in [3.63, 3.8) is 0 Å². The molecule has 3 aromatic carbocycles. The molecule has 0 aliphatic carbocycles. The number of fused-ring (bicyclic) bond motifs is 3. The number of aryl methyl sites for hydroxylation is 1. The van der Waals surface area contributed by atoms with E-state index in [-0.39, 0.29) is 0 Å². The van der Waals surface area contributed by atoms with Gasteiger partial charge in [0.05, 0.1) is 6.21 Å². The van der Waals surface area contributed by atoms with Gasteiger partial charge in [-0.2, -0.15) is 14.9 Å². The van der Waals surface area contributed by atoms with Crippen molar-refractivity contribution < 1.29 is 0 Å². The maximum Gasteiger partial charge on any atom is 0.216 e. The predicted molar refractivity (Wildman–Crippen MR) is 121 cm³/mol. The number of para-hydroxylation sites is 1. The van der Waals surface area contributed by atoms with Crippen LogP contribution in [0.3, 0.4) is 0 Å². The molecule has 0 fully saturated rings. The summed E-state index contributed by atoms with van der Waals surface area (Å²) in [5.41, 5.74) is 4.45. The first-order valence-electron chi connectivity index (χ1n) is 9.54. The van der Waals surface area contributed by atoms with Crippen LogP contribution in [0.5, 0.6) is 0 Å². The molecule has 0 aliphatic heterocycles. The molecule has 29 heavy (non-hydrogen) atoms. The van der Waals surface area contributed by atoms with Crippen molar-refractivity contribution in [1.29, 1.82) is 0 Å². The molecule has 0 unspecified atom stereocenters. The number of rotatable bonds is 4. The van der Waals surface area contributed by atoms with E-state index in [4.69, 9.17) is 12.2 Å². The lowest BCUT2D eigenvalue weighted by atomic mass is 10.1. The number of hydrogen-bond acceptors (Lipinski definition) is 3. The minimum Gasteiger partial charge on any atom is -0.341 e. The van der Waals surface area contributed by atoms with Gasteiger partial charge in [-0.3, -0.25) is 0 Å². The zero-order valence-electron chi connectivity index (χ0n) is 15.9. The van der Waals surface area contributed by atoms with Crippen molar-refractivity contribution in [2.75, 3.05) is 0 Å². The molecule has 5 nitrogen and oxygen atoms in total. The van der Waals surface area contributed by atoms with Gasteiger partial charge in [-0.05, 0) is 42.9 Å². The Morgan fingerprint density at radius 1 is 0.966 bits per heavy atom. The van der Waals surface area contributed by atoms with Gasteiger partial charge in [-0.1, -0.05) is 54.6 Å². The zero-order chi connectivity index (χ0) is 19.8. The Bertz CT molecular complexity index is 1410. The van der Waals surface area contributed by atoms with E-state index in [1.54, 1.807) is 4.68 Å². The van der Waals surface area contributed by atoms with E-state index in [1.807, 2.05) is 36.5 Å². The van der Waals surface area contributed by atoms with Crippen molar-refractivity contribution in [3.8, 4) is 11.4 Å². The second kappa shape index (κ2) is 7.14. The maximum absolute atomic E-state index is 5.38. The summed E-state index contributed by atoms with van der Waals surface area (Å²) in [6.45, 7) is 3.11. The molecule has 2 aromatic heterocycles. The summed E-state index contributed by atoms with van der Waals surface area (Å²) in [4.78, 5) is 0. The SMILES string of the molecule is CCn1c2ccccc2c2cc(/C=N\n3c(-c4ccccc4)n[nH]c3=S)ccc21. The molecule has 5 aromatic rings. The van der Waals surface area contributed by atoms with Gasteiger partial charge in [0.1, 0.15) is 0 Å². The normalized spacial score (nSPS) is 11.8. The van der Waals surface area contributed by atoms with Crippen molar-refractivity contribution >= 4 is 40.2 Å². The molecule has 142 valence electrons. The van der Waals surface area contributed by atoms with Crippen LogP contribution in [0.4, 0.5) is 0 Å². The number of H-pyrrole nitrogens is 1. The monoisotopic (exact) mass is 397 g/mol. The van der Waals surface area contributed by atoms with Crippen molar-refractivity contribution in [2.24, 2.45) is 5.10 Å². The maximum atomic E-state index is 5.38. The quantitative estimate of drug-likeness (QED) is 0.316. The van der Waals surface area contributed by atoms with Crippen LogP contribution in [-0.4, -0.2) is 25.7 Å². The number of aromatic amines is 1. The summed E-state index contributed by atoms with van der Waals surface area (Å²) in [6.07, 6.45) is 1.83. The highest BCUT2D eigenvalue weighted by Gasteiger charge is 2.10. The number of hydrogen-bond donors (Lipinski definition) is 1. The Kier molecular flexibility index (Phi) is 4.33. The van der Waals surface area contributed by atoms with E-state index >= 15 is 0 Å². The molecule has 0 aliphatic rings. The highest BCUT2D eigenvalue weighted by molar-refractivity contribution is 7.71. The molecular weight excluding hydrogens is 378 g/mol. The van der Waals surface area contributed by atoms with Crippen LogP contribution in [-0.2, 0) is 6.54 Å². The molecule has 0 saturated heterocycles. The average Bonchev–Trinajstić information content (AvgIpc) is 3.30. The van der Waals surface area contributed by atoms with E-state index in [1.165, 1.54) is 21.8 Å². The van der Waals surface area contributed by atoms with E-state index in [0.717, 1.165) is 17.7 Å². The van der Waals surface area contributed by atoms with Gasteiger partial charge >= 0.3 is 0 Å². The van der Waals surface area contributed by atoms with Gasteiger partial charge in [0.25, 0.3) is 0 Å². The fourth-order valence-electron chi connectivity index (χ4n) is 3.79. The number of aromatic nitrogens is 4. The second-order valence-electron chi connectivity index (χ2n) is 6.81. The average molecular weight is 398 g/mol. The third kappa shape index (κ3) is 2.98. The summed E-state index contributed by atoms with van der Waals surface area (Å²) in [5.74, 6) is 0.690. The van der Waals surface area contributed by atoms with Crippen LogP contribution in [0.25, 0.3) is 33.2 Å². The summed E-state index contributed by atoms with van der Waals surface area (Å²) in [5, 5.41) is 14.3. The summed E-state index contributed by atoms with van der Waals surface area (Å²) in [6, 6.07) is 24.8. The molecule has 0 spiro atoms. The van der Waals surface area contributed by atoms with Crippen LogP contribution in [0, 0.1) is 4.77 Å². The first-order chi connectivity index (χ1) is 14.3. The Morgan fingerprint density at radius 2 is 1.72 bits per heavy atom. The lowest BCUT2D eigenvalue weighted by Gasteiger charge is -2.03. The highest BCUT2D eigenvalue weighted by atomic mass is 32.1. The minimum atomic E-state index is 0.462. The van der Waals surface area contributed by atoms with Crippen LogP contribution < -0.4 is 0 Å². The van der Waals surface area contributed by atoms with Crippen LogP contribution in [0.2, 0.25) is 0 Å². The highest BCUT2D eigenvalue weighted by Crippen LogP contribution is 2.29. The summed E-state index contributed by atoms with van der Waals surface area (Å²) < 4.78 is 4.46. The molecule has 0 bridgehead atoms. The topological polar surface area (TPSA) is 50.9 Å². The van der Waals surface area contributed by atoms with Crippen LogP contribution in [0.1, 0.15) is 12.5 Å². The Balaban J connectivity index is 1.60. The molecule has 0 radical (unpaired) electrons. The second-order valence-corrected chi connectivity index (χ2v) is 7.20. The molecule has 5 rings (SSSR count). The van der Waals surface area contributed by atoms with Gasteiger partial charge in [0.15, 0.2) is 5.82 Å². The van der Waals surface area contributed by atoms with Crippen molar-refractivity contribution in [2.45, 2.75) is 13.5 Å². The Morgan fingerprint density at radius 3 is 2.55 bits per heavy atom. The molecular formula is C23H19N5S. The first-order valence-corrected chi connectivity index (χ1v) is 9.95. The van der Waals surface area contributed by atoms with Crippen LogP contribution >= 0.6 is 12.2 Å². The first kappa shape index (κ1) is 17.6. The predicted octanol–water partition coefficient (Wildman–Crippen LogP) is 5.62. The van der Waals surface area contributed by atoms with Crippen molar-refractivity contribution in [1.82, 2.24) is 19.4 Å². The fraction of sp³-hybridized carbons (Fsp3) is 0.0870. The third-order valence-electron chi connectivity index (χ3n) is 5.12. The molecule has 0 saturated carbocycles. The van der Waals surface area contributed by atoms with Crippen LogP contribution in [0.15, 0.2) is 77.9 Å². The van der Waals surface area contributed by atoms with E-state index in [0.29, 0.717) is 10.6 Å². The number of nitrogens with zero attached hydrogens (tertiary/aromatic N) is 4. The zero-order valence-corrected chi connectivity index (χ0v) is 16.7. The van der Waals surface area contributed by atoms with Gasteiger partial charge in [0.2, 0.25) is 4.77 Å². The molecule has 0 amide bonds. The lowest BCUT2D eigenvalue weighted by molar-refractivity contribution is 0.827. The van der Waals surface area contributed by atoms with Gasteiger partial charge in [-0.25, -0.2) is 5.10 Å². The molecule has 6 heteroatoms. The van der Waals surface area contributed by atoms with E-state index in [2.05, 4.69) is 69.3 Å².